The highest BCUT2D eigenvalue weighted by atomic mass is 15.1. The highest BCUT2D eigenvalue weighted by Crippen LogP contribution is 2.17. The van der Waals surface area contributed by atoms with Crippen molar-refractivity contribution in [2.75, 3.05) is 0 Å². The Morgan fingerprint density at radius 3 is 2.47 bits per heavy atom. The van der Waals surface area contributed by atoms with Crippen LogP contribution in [0.2, 0.25) is 0 Å². The monoisotopic (exact) mass is 198 g/mol. The second kappa shape index (κ2) is 4.34. The van der Waals surface area contributed by atoms with E-state index in [1.165, 1.54) is 6.92 Å². The van der Waals surface area contributed by atoms with Gasteiger partial charge in [0.1, 0.15) is 12.1 Å². The molecule has 1 rings (SSSR count). The molecule has 0 heterocycles. The molecule has 0 saturated carbocycles. The molecule has 0 bridgehead atoms. The Morgan fingerprint density at radius 1 is 1.27 bits per heavy atom. The Bertz CT molecular complexity index is 448. The maximum atomic E-state index is 8.69. The average Bonchev–Trinajstić information content (AvgIpc) is 2.26. The van der Waals surface area contributed by atoms with Crippen molar-refractivity contribution in [2.45, 2.75) is 19.4 Å². The lowest BCUT2D eigenvalue weighted by Gasteiger charge is -2.02. The number of rotatable bonds is 2. The minimum Gasteiger partial charge on any atom is -0.194 e. The molecule has 0 aliphatic carbocycles. The van der Waals surface area contributed by atoms with E-state index in [9.17, 15) is 0 Å². The first-order valence-electron chi connectivity index (χ1n) is 4.42. The van der Waals surface area contributed by atoms with Crippen molar-refractivity contribution in [3.63, 3.8) is 0 Å². The molecule has 4 nitrogen and oxygen atoms in total. The molecule has 1 aromatic rings. The summed E-state index contributed by atoms with van der Waals surface area (Å²) in [5.74, 6) is 0. The van der Waals surface area contributed by atoms with E-state index in [0.717, 1.165) is 5.56 Å². The molecule has 0 aliphatic heterocycles. The quantitative estimate of drug-likeness (QED) is 0.685. The fourth-order valence-corrected chi connectivity index (χ4v) is 0.918. The molecular formula is C11H10N4. The first kappa shape index (κ1) is 10.9. The van der Waals surface area contributed by atoms with Crippen LogP contribution in [0.4, 0.5) is 5.69 Å². The first-order valence-corrected chi connectivity index (χ1v) is 4.42. The van der Waals surface area contributed by atoms with Crippen LogP contribution in [0, 0.1) is 29.6 Å². The van der Waals surface area contributed by atoms with Crippen molar-refractivity contribution in [1.29, 1.82) is 10.5 Å². The summed E-state index contributed by atoms with van der Waals surface area (Å²) in [4.78, 5) is 0. The molecule has 0 amide bonds. The second-order valence-corrected chi connectivity index (χ2v) is 3.33. The van der Waals surface area contributed by atoms with Gasteiger partial charge in [0.25, 0.3) is 0 Å². The van der Waals surface area contributed by atoms with Crippen LogP contribution in [0.1, 0.15) is 12.5 Å². The molecule has 0 aromatic heterocycles. The standard InChI is InChI=1S/C11H10N4/c1-9-4-3-5-10(6-9)14-15-11(2,7-12)8-13/h3-6H,1-2H3. The average molecular weight is 198 g/mol. The highest BCUT2D eigenvalue weighted by molar-refractivity contribution is 5.39. The highest BCUT2D eigenvalue weighted by Gasteiger charge is 2.21. The number of nitrogens with zero attached hydrogens (tertiary/aromatic N) is 4. The van der Waals surface area contributed by atoms with Gasteiger partial charge in [0.2, 0.25) is 5.54 Å². The van der Waals surface area contributed by atoms with Crippen LogP contribution in [0.5, 0.6) is 0 Å². The number of nitriles is 2. The van der Waals surface area contributed by atoms with E-state index in [1.807, 2.05) is 25.1 Å². The first-order chi connectivity index (χ1) is 7.09. The maximum absolute atomic E-state index is 8.69. The van der Waals surface area contributed by atoms with Gasteiger partial charge in [-0.15, -0.1) is 0 Å². The molecule has 0 unspecified atom stereocenters. The molecule has 0 atom stereocenters. The molecule has 0 saturated heterocycles. The van der Waals surface area contributed by atoms with Crippen molar-refractivity contribution in [3.8, 4) is 12.1 Å². The van der Waals surface area contributed by atoms with Gasteiger partial charge in [-0.2, -0.15) is 20.8 Å². The molecule has 0 spiro atoms. The summed E-state index contributed by atoms with van der Waals surface area (Å²) in [6.07, 6.45) is 0. The van der Waals surface area contributed by atoms with Crippen molar-refractivity contribution in [3.05, 3.63) is 29.8 Å². The zero-order valence-corrected chi connectivity index (χ0v) is 8.60. The SMILES string of the molecule is Cc1cccc(N=NC(C)(C#N)C#N)c1. The summed E-state index contributed by atoms with van der Waals surface area (Å²) in [5, 5.41) is 25.0. The third-order valence-electron chi connectivity index (χ3n) is 1.80. The van der Waals surface area contributed by atoms with E-state index in [2.05, 4.69) is 10.2 Å². The molecule has 74 valence electrons. The summed E-state index contributed by atoms with van der Waals surface area (Å²) in [5.41, 5.74) is 0.304. The van der Waals surface area contributed by atoms with Gasteiger partial charge in [0, 0.05) is 0 Å². The van der Waals surface area contributed by atoms with Crippen LogP contribution in [0.3, 0.4) is 0 Å². The van der Waals surface area contributed by atoms with Crippen molar-refractivity contribution >= 4 is 5.69 Å². The van der Waals surface area contributed by atoms with E-state index >= 15 is 0 Å². The van der Waals surface area contributed by atoms with Crippen LogP contribution in [0.15, 0.2) is 34.5 Å². The fraction of sp³-hybridized carbons (Fsp3) is 0.273. The molecule has 0 fully saturated rings. The van der Waals surface area contributed by atoms with Gasteiger partial charge in [0.05, 0.1) is 5.69 Å². The molecule has 0 radical (unpaired) electrons. The Labute approximate surface area is 88.5 Å². The van der Waals surface area contributed by atoms with Crippen molar-refractivity contribution < 1.29 is 0 Å². The van der Waals surface area contributed by atoms with E-state index in [0.29, 0.717) is 5.69 Å². The topological polar surface area (TPSA) is 72.3 Å². The van der Waals surface area contributed by atoms with Gasteiger partial charge in [-0.25, -0.2) is 0 Å². The number of hydrogen-bond acceptors (Lipinski definition) is 4. The number of hydrogen-bond donors (Lipinski definition) is 0. The molecule has 1 aromatic carbocycles. The van der Waals surface area contributed by atoms with Gasteiger partial charge in [-0.1, -0.05) is 12.1 Å². The largest absolute Gasteiger partial charge is 0.249 e. The second-order valence-electron chi connectivity index (χ2n) is 3.33. The zero-order valence-electron chi connectivity index (χ0n) is 8.60. The molecule has 0 N–H and O–H groups in total. The van der Waals surface area contributed by atoms with Gasteiger partial charge >= 0.3 is 0 Å². The lowest BCUT2D eigenvalue weighted by Crippen LogP contribution is -2.14. The lowest BCUT2D eigenvalue weighted by atomic mass is 10.1. The van der Waals surface area contributed by atoms with Crippen LogP contribution >= 0.6 is 0 Å². The molecular weight excluding hydrogens is 188 g/mol. The van der Waals surface area contributed by atoms with Gasteiger partial charge in [0.15, 0.2) is 0 Å². The predicted octanol–water partition coefficient (Wildman–Crippen LogP) is 2.88. The predicted molar refractivity (Wildman–Crippen MR) is 55.3 cm³/mol. The lowest BCUT2D eigenvalue weighted by molar-refractivity contribution is 0.720. The minimum atomic E-state index is -1.40. The maximum Gasteiger partial charge on any atom is 0.249 e. The Balaban J connectivity index is 2.93. The van der Waals surface area contributed by atoms with E-state index in [1.54, 1.807) is 18.2 Å². The molecule has 0 aliphatic rings. The Morgan fingerprint density at radius 2 is 1.93 bits per heavy atom. The fourth-order valence-electron chi connectivity index (χ4n) is 0.918. The van der Waals surface area contributed by atoms with Crippen LogP contribution in [0.25, 0.3) is 0 Å². The van der Waals surface area contributed by atoms with Crippen LogP contribution < -0.4 is 0 Å². The van der Waals surface area contributed by atoms with Gasteiger partial charge in [-0.3, -0.25) is 0 Å². The van der Waals surface area contributed by atoms with Gasteiger partial charge in [-0.05, 0) is 31.5 Å². The third kappa shape index (κ3) is 2.89. The zero-order chi connectivity index (χ0) is 11.3. The van der Waals surface area contributed by atoms with E-state index in [4.69, 9.17) is 10.5 Å². The Kier molecular flexibility index (Phi) is 3.15. The Hall–Kier alpha value is -2.20. The summed E-state index contributed by atoms with van der Waals surface area (Å²) in [6.45, 7) is 3.36. The third-order valence-corrected chi connectivity index (χ3v) is 1.80. The van der Waals surface area contributed by atoms with E-state index < -0.39 is 5.54 Å². The van der Waals surface area contributed by atoms with Gasteiger partial charge < -0.3 is 0 Å². The van der Waals surface area contributed by atoms with E-state index in [-0.39, 0.29) is 0 Å². The summed E-state index contributed by atoms with van der Waals surface area (Å²) >= 11 is 0. The van der Waals surface area contributed by atoms with Crippen LogP contribution in [-0.4, -0.2) is 5.54 Å². The smallest absolute Gasteiger partial charge is 0.194 e. The summed E-state index contributed by atoms with van der Waals surface area (Å²) in [6, 6.07) is 11.0. The van der Waals surface area contributed by atoms with Crippen molar-refractivity contribution in [2.24, 2.45) is 10.2 Å². The number of benzene rings is 1. The molecule has 15 heavy (non-hydrogen) atoms. The number of aryl methyl sites for hydroxylation is 1. The summed E-state index contributed by atoms with van der Waals surface area (Å²) in [7, 11) is 0. The van der Waals surface area contributed by atoms with Crippen LogP contribution in [-0.2, 0) is 0 Å². The normalized spacial score (nSPS) is 10.9. The van der Waals surface area contributed by atoms with Crippen molar-refractivity contribution in [1.82, 2.24) is 0 Å². The number of azo groups is 1. The molecule has 4 heteroatoms. The minimum absolute atomic E-state index is 0.645. The summed E-state index contributed by atoms with van der Waals surface area (Å²) < 4.78 is 0.